The first-order valence-electron chi connectivity index (χ1n) is 5.97. The summed E-state index contributed by atoms with van der Waals surface area (Å²) in [4.78, 5) is 23.3. The van der Waals surface area contributed by atoms with Crippen molar-refractivity contribution < 1.29 is 18.8 Å². The van der Waals surface area contributed by atoms with E-state index in [1.54, 1.807) is 7.05 Å². The second kappa shape index (κ2) is 5.32. The number of methoxy groups -OCH3 is 1. The second-order valence-electron chi connectivity index (χ2n) is 4.51. The lowest BCUT2D eigenvalue weighted by molar-refractivity contribution is -0.385. The molecule has 1 saturated heterocycles. The van der Waals surface area contributed by atoms with Crippen LogP contribution in [0.2, 0.25) is 0 Å². The largest absolute Gasteiger partial charge is 0.490 e. The van der Waals surface area contributed by atoms with Gasteiger partial charge in [-0.05, 0) is 6.42 Å². The number of nitrogens with one attached hydrogen (secondary N) is 1. The molecule has 0 aromatic heterocycles. The second-order valence-corrected chi connectivity index (χ2v) is 4.51. The molecule has 1 aromatic rings. The molecule has 0 bridgehead atoms. The van der Waals surface area contributed by atoms with Crippen LogP contribution in [0.1, 0.15) is 6.42 Å². The fraction of sp³-hybridized carbons (Fsp3) is 0.417. The highest BCUT2D eigenvalue weighted by atomic mass is 19.1. The number of benzene rings is 1. The molecule has 1 aliphatic heterocycles. The predicted molar refractivity (Wildman–Crippen MR) is 69.3 cm³/mol. The maximum absolute atomic E-state index is 13.9. The number of rotatable bonds is 4. The van der Waals surface area contributed by atoms with E-state index in [9.17, 15) is 19.3 Å². The molecule has 0 spiro atoms. The first-order valence-corrected chi connectivity index (χ1v) is 5.97. The normalized spacial score (nSPS) is 18.2. The molecule has 108 valence electrons. The van der Waals surface area contributed by atoms with Crippen LogP contribution in [-0.2, 0) is 4.79 Å². The van der Waals surface area contributed by atoms with Crippen LogP contribution in [0.25, 0.3) is 0 Å². The third-order valence-corrected chi connectivity index (χ3v) is 3.22. The SMILES string of the molecule is COc1cc(NC2CCN(C)C2=O)c(F)cc1[N+](=O)[O-]. The lowest BCUT2D eigenvalue weighted by Crippen LogP contribution is -2.31. The molecule has 1 unspecified atom stereocenters. The predicted octanol–water partition coefficient (Wildman–Crippen LogP) is 1.39. The number of carbonyl (C=O) groups is 1. The summed E-state index contributed by atoms with van der Waals surface area (Å²) in [6, 6.07) is 1.45. The molecule has 1 fully saturated rings. The molecule has 8 heteroatoms. The lowest BCUT2D eigenvalue weighted by Gasteiger charge is -2.15. The third-order valence-electron chi connectivity index (χ3n) is 3.22. The number of likely N-dealkylation sites (tertiary alicyclic amines) is 1. The standard InChI is InChI=1S/C12H14FN3O4/c1-15-4-3-8(12(15)17)14-9-6-11(20-2)10(16(18)19)5-7(9)13/h5-6,8,14H,3-4H2,1-2H3. The van der Waals surface area contributed by atoms with Gasteiger partial charge in [-0.25, -0.2) is 4.39 Å². The maximum Gasteiger partial charge on any atom is 0.313 e. The van der Waals surface area contributed by atoms with Gasteiger partial charge in [-0.15, -0.1) is 0 Å². The van der Waals surface area contributed by atoms with Crippen LogP contribution in [0, 0.1) is 15.9 Å². The number of hydrogen-bond acceptors (Lipinski definition) is 5. The van der Waals surface area contributed by atoms with E-state index < -0.39 is 22.5 Å². The van der Waals surface area contributed by atoms with E-state index in [1.807, 2.05) is 0 Å². The Morgan fingerprint density at radius 2 is 2.25 bits per heavy atom. The molecule has 1 N–H and O–H groups in total. The molecule has 0 saturated carbocycles. The van der Waals surface area contributed by atoms with Gasteiger partial charge in [-0.3, -0.25) is 14.9 Å². The monoisotopic (exact) mass is 283 g/mol. The van der Waals surface area contributed by atoms with Crippen molar-refractivity contribution >= 4 is 17.3 Å². The van der Waals surface area contributed by atoms with E-state index >= 15 is 0 Å². The fourth-order valence-corrected chi connectivity index (χ4v) is 2.10. The lowest BCUT2D eigenvalue weighted by atomic mass is 10.2. The Morgan fingerprint density at radius 3 is 2.75 bits per heavy atom. The molecule has 2 rings (SSSR count). The van der Waals surface area contributed by atoms with E-state index in [-0.39, 0.29) is 17.3 Å². The van der Waals surface area contributed by atoms with Crippen molar-refractivity contribution in [3.8, 4) is 5.75 Å². The number of hydrogen-bond donors (Lipinski definition) is 1. The summed E-state index contributed by atoms with van der Waals surface area (Å²) < 4.78 is 18.7. The fourth-order valence-electron chi connectivity index (χ4n) is 2.10. The number of halogens is 1. The summed E-state index contributed by atoms with van der Waals surface area (Å²) in [5, 5.41) is 13.5. The Morgan fingerprint density at radius 1 is 1.55 bits per heavy atom. The van der Waals surface area contributed by atoms with Gasteiger partial charge in [0.05, 0.1) is 23.8 Å². The Bertz CT molecular complexity index is 564. The highest BCUT2D eigenvalue weighted by Gasteiger charge is 2.30. The number of nitro groups is 1. The van der Waals surface area contributed by atoms with Gasteiger partial charge >= 0.3 is 5.69 Å². The topological polar surface area (TPSA) is 84.7 Å². The van der Waals surface area contributed by atoms with Crippen LogP contribution in [0.5, 0.6) is 5.75 Å². The number of nitro benzene ring substituents is 1. The van der Waals surface area contributed by atoms with Crippen LogP contribution < -0.4 is 10.1 Å². The van der Waals surface area contributed by atoms with Crippen LogP contribution in [0.3, 0.4) is 0 Å². The number of ether oxygens (including phenoxy) is 1. The summed E-state index contributed by atoms with van der Waals surface area (Å²) in [5.41, 5.74) is -0.438. The summed E-state index contributed by atoms with van der Waals surface area (Å²) in [7, 11) is 2.93. The summed E-state index contributed by atoms with van der Waals surface area (Å²) >= 11 is 0. The minimum Gasteiger partial charge on any atom is -0.490 e. The average molecular weight is 283 g/mol. The average Bonchev–Trinajstić information content (AvgIpc) is 2.72. The molecule has 1 atom stereocenters. The molecule has 0 radical (unpaired) electrons. The molecule has 1 amide bonds. The Balaban J connectivity index is 2.29. The van der Waals surface area contributed by atoms with Gasteiger partial charge in [0, 0.05) is 19.7 Å². The molecule has 0 aliphatic carbocycles. The van der Waals surface area contributed by atoms with Gasteiger partial charge in [0.1, 0.15) is 6.04 Å². The zero-order valence-electron chi connectivity index (χ0n) is 11.1. The zero-order chi connectivity index (χ0) is 14.9. The molecule has 20 heavy (non-hydrogen) atoms. The number of anilines is 1. The Hall–Kier alpha value is -2.38. The van der Waals surface area contributed by atoms with E-state index in [2.05, 4.69) is 5.32 Å². The van der Waals surface area contributed by atoms with Gasteiger partial charge < -0.3 is 15.0 Å². The summed E-state index contributed by atoms with van der Waals surface area (Å²) in [6.45, 7) is 0.586. The Kier molecular flexibility index (Phi) is 3.73. The third kappa shape index (κ3) is 2.49. The number of likely N-dealkylation sites (N-methyl/N-ethyl adjacent to an activating group) is 1. The van der Waals surface area contributed by atoms with Crippen LogP contribution in [0.15, 0.2) is 12.1 Å². The quantitative estimate of drug-likeness (QED) is 0.666. The van der Waals surface area contributed by atoms with Gasteiger partial charge in [0.25, 0.3) is 0 Å². The van der Waals surface area contributed by atoms with E-state index in [0.717, 1.165) is 6.07 Å². The van der Waals surface area contributed by atoms with Crippen LogP contribution >= 0.6 is 0 Å². The van der Waals surface area contributed by atoms with Gasteiger partial charge in [-0.2, -0.15) is 0 Å². The number of carbonyl (C=O) groups excluding carboxylic acids is 1. The molecular formula is C12H14FN3O4. The molecule has 1 aromatic carbocycles. The van der Waals surface area contributed by atoms with Crippen LogP contribution in [0.4, 0.5) is 15.8 Å². The first-order chi connectivity index (χ1) is 9.43. The van der Waals surface area contributed by atoms with Crippen molar-refractivity contribution in [2.75, 3.05) is 26.0 Å². The Labute approximate surface area is 114 Å². The van der Waals surface area contributed by atoms with Crippen molar-refractivity contribution in [1.82, 2.24) is 4.90 Å². The zero-order valence-corrected chi connectivity index (χ0v) is 11.1. The highest BCUT2D eigenvalue weighted by molar-refractivity contribution is 5.86. The number of nitrogens with zero attached hydrogens (tertiary/aromatic N) is 2. The summed E-state index contributed by atoms with van der Waals surface area (Å²) in [6.07, 6.45) is 0.550. The van der Waals surface area contributed by atoms with Crippen molar-refractivity contribution in [2.24, 2.45) is 0 Å². The maximum atomic E-state index is 13.9. The minimum atomic E-state index is -0.792. The van der Waals surface area contributed by atoms with Crippen molar-refractivity contribution in [1.29, 1.82) is 0 Å². The molecule has 1 aliphatic rings. The van der Waals surface area contributed by atoms with E-state index in [0.29, 0.717) is 13.0 Å². The minimum absolute atomic E-state index is 0.0149. The number of amides is 1. The molecular weight excluding hydrogens is 269 g/mol. The van der Waals surface area contributed by atoms with Crippen molar-refractivity contribution in [3.05, 3.63) is 28.1 Å². The smallest absolute Gasteiger partial charge is 0.313 e. The van der Waals surface area contributed by atoms with Gasteiger partial charge in [0.2, 0.25) is 5.91 Å². The van der Waals surface area contributed by atoms with Crippen LogP contribution in [-0.4, -0.2) is 42.5 Å². The first kappa shape index (κ1) is 14.0. The van der Waals surface area contributed by atoms with E-state index in [1.165, 1.54) is 18.1 Å². The summed E-state index contributed by atoms with van der Waals surface area (Å²) in [5.74, 6) is -0.987. The molecule has 7 nitrogen and oxygen atoms in total. The van der Waals surface area contributed by atoms with Crippen molar-refractivity contribution in [2.45, 2.75) is 12.5 Å². The van der Waals surface area contributed by atoms with E-state index in [4.69, 9.17) is 4.74 Å². The molecule has 1 heterocycles. The van der Waals surface area contributed by atoms with Crippen molar-refractivity contribution in [3.63, 3.8) is 0 Å². The highest BCUT2D eigenvalue weighted by Crippen LogP contribution is 2.33. The van der Waals surface area contributed by atoms with Gasteiger partial charge in [-0.1, -0.05) is 0 Å². The van der Waals surface area contributed by atoms with Gasteiger partial charge in [0.15, 0.2) is 11.6 Å².